The number of aromatic nitrogens is 2. The van der Waals surface area contributed by atoms with Gasteiger partial charge in [0.25, 0.3) is 5.56 Å². The van der Waals surface area contributed by atoms with E-state index in [0.717, 1.165) is 34.4 Å². The monoisotopic (exact) mass is 441 g/mol. The highest BCUT2D eigenvalue weighted by atomic mass is 32.1. The zero-order chi connectivity index (χ0) is 22.1. The lowest BCUT2D eigenvalue weighted by Gasteiger charge is -2.24. The van der Waals surface area contributed by atoms with Crippen molar-refractivity contribution >= 4 is 21.6 Å². The molecule has 1 fully saturated rings. The standard InChI is InChI=1S/C24H31N3O3S/c1-14(2)30-12-18(28)10-27(17-6-7-17)11-21-25-23(29)22-20(13-31-24(22)26-21)19-8-5-15(3)9-16(19)4/h5,8-9,13-14,17-18,28H,6-7,10-12H2,1-4H3,(H,25,26,29). The van der Waals surface area contributed by atoms with E-state index < -0.39 is 6.10 Å². The summed E-state index contributed by atoms with van der Waals surface area (Å²) in [4.78, 5) is 23.8. The maximum atomic E-state index is 13.0. The molecule has 2 N–H and O–H groups in total. The van der Waals surface area contributed by atoms with E-state index in [2.05, 4.69) is 41.9 Å². The number of aryl methyl sites for hydroxylation is 2. The average molecular weight is 442 g/mol. The number of ether oxygens (including phenoxy) is 1. The summed E-state index contributed by atoms with van der Waals surface area (Å²) in [6, 6.07) is 6.72. The first-order valence-corrected chi connectivity index (χ1v) is 11.8. The number of fused-ring (bicyclic) bond motifs is 1. The number of nitrogens with zero attached hydrogens (tertiary/aromatic N) is 2. The first kappa shape index (κ1) is 22.1. The van der Waals surface area contributed by atoms with Gasteiger partial charge in [0.05, 0.1) is 30.7 Å². The number of aliphatic hydroxyl groups excluding tert-OH is 1. The minimum atomic E-state index is -0.559. The highest BCUT2D eigenvalue weighted by Crippen LogP contribution is 2.33. The van der Waals surface area contributed by atoms with Crippen molar-refractivity contribution in [3.8, 4) is 11.1 Å². The molecule has 1 aliphatic carbocycles. The lowest BCUT2D eigenvalue weighted by atomic mass is 9.99. The number of nitrogens with one attached hydrogen (secondary N) is 1. The van der Waals surface area contributed by atoms with E-state index in [4.69, 9.17) is 9.72 Å². The number of aromatic amines is 1. The highest BCUT2D eigenvalue weighted by Gasteiger charge is 2.31. The van der Waals surface area contributed by atoms with Crippen molar-refractivity contribution in [1.29, 1.82) is 0 Å². The van der Waals surface area contributed by atoms with Gasteiger partial charge in [0.15, 0.2) is 0 Å². The van der Waals surface area contributed by atoms with Crippen LogP contribution in [0.1, 0.15) is 43.6 Å². The second-order valence-electron chi connectivity index (χ2n) is 8.86. The van der Waals surface area contributed by atoms with Gasteiger partial charge in [0.1, 0.15) is 10.7 Å². The van der Waals surface area contributed by atoms with Crippen LogP contribution in [0.25, 0.3) is 21.3 Å². The molecule has 31 heavy (non-hydrogen) atoms. The SMILES string of the molecule is Cc1ccc(-c2csc3nc(CN(CC(O)COC(C)C)C4CC4)[nH]c(=O)c23)c(C)c1. The van der Waals surface area contributed by atoms with E-state index in [1.54, 1.807) is 0 Å². The number of hydrogen-bond acceptors (Lipinski definition) is 6. The van der Waals surface area contributed by atoms with Crippen LogP contribution in [0.4, 0.5) is 0 Å². The molecular weight excluding hydrogens is 410 g/mol. The molecule has 7 heteroatoms. The molecular formula is C24H31N3O3S. The molecule has 1 saturated carbocycles. The molecule has 3 aromatic rings. The van der Waals surface area contributed by atoms with Crippen molar-refractivity contribution in [2.45, 2.75) is 65.3 Å². The largest absolute Gasteiger partial charge is 0.389 e. The Kier molecular flexibility index (Phi) is 6.57. The number of benzene rings is 1. The predicted molar refractivity (Wildman–Crippen MR) is 126 cm³/mol. The fourth-order valence-corrected chi connectivity index (χ4v) is 4.94. The first-order chi connectivity index (χ1) is 14.8. The first-order valence-electron chi connectivity index (χ1n) is 10.9. The zero-order valence-electron chi connectivity index (χ0n) is 18.6. The Bertz CT molecular complexity index is 1120. The van der Waals surface area contributed by atoms with E-state index in [9.17, 15) is 9.90 Å². The topological polar surface area (TPSA) is 78.5 Å². The van der Waals surface area contributed by atoms with Gasteiger partial charge in [-0.25, -0.2) is 4.98 Å². The molecule has 4 rings (SSSR count). The predicted octanol–water partition coefficient (Wildman–Crippen LogP) is 4.02. The van der Waals surface area contributed by atoms with Gasteiger partial charge in [-0.2, -0.15) is 0 Å². The van der Waals surface area contributed by atoms with Crippen molar-refractivity contribution in [1.82, 2.24) is 14.9 Å². The number of thiophene rings is 1. The van der Waals surface area contributed by atoms with Crippen LogP contribution in [0, 0.1) is 13.8 Å². The molecule has 166 valence electrons. The van der Waals surface area contributed by atoms with Crippen LogP contribution < -0.4 is 5.56 Å². The van der Waals surface area contributed by atoms with Gasteiger partial charge in [0, 0.05) is 23.5 Å². The molecule has 1 unspecified atom stereocenters. The van der Waals surface area contributed by atoms with Gasteiger partial charge in [-0.3, -0.25) is 9.69 Å². The van der Waals surface area contributed by atoms with Crippen LogP contribution in [0.5, 0.6) is 0 Å². The molecule has 0 bridgehead atoms. The fraction of sp³-hybridized carbons (Fsp3) is 0.500. The summed E-state index contributed by atoms with van der Waals surface area (Å²) in [7, 11) is 0. The van der Waals surface area contributed by atoms with E-state index in [0.29, 0.717) is 36.9 Å². The van der Waals surface area contributed by atoms with Gasteiger partial charge in [0.2, 0.25) is 0 Å². The molecule has 0 amide bonds. The Morgan fingerprint density at radius 2 is 2.06 bits per heavy atom. The summed E-state index contributed by atoms with van der Waals surface area (Å²) in [5.74, 6) is 0.649. The molecule has 2 heterocycles. The lowest BCUT2D eigenvalue weighted by Crippen LogP contribution is -2.37. The molecule has 1 aromatic carbocycles. The van der Waals surface area contributed by atoms with E-state index in [-0.39, 0.29) is 11.7 Å². The smallest absolute Gasteiger partial charge is 0.260 e. The van der Waals surface area contributed by atoms with Gasteiger partial charge in [-0.1, -0.05) is 23.8 Å². The van der Waals surface area contributed by atoms with E-state index in [1.165, 1.54) is 16.9 Å². The number of hydrogen-bond donors (Lipinski definition) is 2. The second kappa shape index (κ2) is 9.20. The third-order valence-electron chi connectivity index (χ3n) is 5.65. The molecule has 1 atom stereocenters. The minimum absolute atomic E-state index is 0.0923. The minimum Gasteiger partial charge on any atom is -0.389 e. The van der Waals surface area contributed by atoms with E-state index in [1.807, 2.05) is 19.2 Å². The Labute approximate surface area is 186 Å². The lowest BCUT2D eigenvalue weighted by molar-refractivity contribution is -0.0110. The van der Waals surface area contributed by atoms with Crippen LogP contribution in [0.3, 0.4) is 0 Å². The van der Waals surface area contributed by atoms with Gasteiger partial charge < -0.3 is 14.8 Å². The van der Waals surface area contributed by atoms with Crippen LogP contribution in [0.2, 0.25) is 0 Å². The van der Waals surface area contributed by atoms with Gasteiger partial charge in [-0.05, 0) is 51.7 Å². The number of aliphatic hydroxyl groups is 1. The van der Waals surface area contributed by atoms with Crippen LogP contribution in [-0.2, 0) is 11.3 Å². The molecule has 0 radical (unpaired) electrons. The summed E-state index contributed by atoms with van der Waals surface area (Å²) in [6.45, 7) is 9.41. The summed E-state index contributed by atoms with van der Waals surface area (Å²) < 4.78 is 5.54. The van der Waals surface area contributed by atoms with Crippen molar-refractivity contribution in [3.05, 3.63) is 50.9 Å². The third-order valence-corrected chi connectivity index (χ3v) is 6.52. The molecule has 0 aliphatic heterocycles. The van der Waals surface area contributed by atoms with Crippen molar-refractivity contribution in [2.75, 3.05) is 13.2 Å². The van der Waals surface area contributed by atoms with Crippen LogP contribution in [-0.4, -0.2) is 51.4 Å². The van der Waals surface area contributed by atoms with Crippen molar-refractivity contribution in [3.63, 3.8) is 0 Å². The second-order valence-corrected chi connectivity index (χ2v) is 9.72. The Morgan fingerprint density at radius 3 is 2.74 bits per heavy atom. The molecule has 0 spiro atoms. The van der Waals surface area contributed by atoms with E-state index >= 15 is 0 Å². The average Bonchev–Trinajstić information content (AvgIpc) is 3.46. The molecule has 1 aliphatic rings. The molecule has 0 saturated heterocycles. The maximum Gasteiger partial charge on any atom is 0.260 e. The summed E-state index contributed by atoms with van der Waals surface area (Å²) in [5, 5.41) is 13.1. The molecule has 6 nitrogen and oxygen atoms in total. The van der Waals surface area contributed by atoms with Gasteiger partial charge in [-0.15, -0.1) is 11.3 Å². The fourth-order valence-electron chi connectivity index (χ4n) is 3.98. The maximum absolute atomic E-state index is 13.0. The summed E-state index contributed by atoms with van der Waals surface area (Å²) >= 11 is 1.51. The van der Waals surface area contributed by atoms with Gasteiger partial charge >= 0.3 is 0 Å². The van der Waals surface area contributed by atoms with Crippen molar-refractivity contribution < 1.29 is 9.84 Å². The Balaban J connectivity index is 1.57. The van der Waals surface area contributed by atoms with Crippen LogP contribution in [0.15, 0.2) is 28.4 Å². The quantitative estimate of drug-likeness (QED) is 0.524. The highest BCUT2D eigenvalue weighted by molar-refractivity contribution is 7.17. The Hall–Kier alpha value is -2.06. The Morgan fingerprint density at radius 1 is 1.29 bits per heavy atom. The van der Waals surface area contributed by atoms with Crippen LogP contribution >= 0.6 is 11.3 Å². The number of rotatable bonds is 9. The third kappa shape index (κ3) is 5.23. The number of H-pyrrole nitrogens is 1. The van der Waals surface area contributed by atoms with Crippen molar-refractivity contribution in [2.24, 2.45) is 0 Å². The normalized spacial score (nSPS) is 15.3. The molecule has 2 aromatic heterocycles. The summed E-state index contributed by atoms with van der Waals surface area (Å²) in [6.07, 6.45) is 1.76. The zero-order valence-corrected chi connectivity index (χ0v) is 19.5. The summed E-state index contributed by atoms with van der Waals surface area (Å²) in [5.41, 5.74) is 4.27.